The summed E-state index contributed by atoms with van der Waals surface area (Å²) in [6.07, 6.45) is 2.21. The third-order valence-electron chi connectivity index (χ3n) is 7.36. The number of rotatable bonds is 13. The van der Waals surface area contributed by atoms with Gasteiger partial charge in [0, 0.05) is 27.1 Å². The van der Waals surface area contributed by atoms with E-state index in [1.165, 1.54) is 23.1 Å². The molecule has 1 aromatic heterocycles. The monoisotopic (exact) mass is 692 g/mol. The molecule has 3 N–H and O–H groups in total. The average Bonchev–Trinajstić information content (AvgIpc) is 3.59. The van der Waals surface area contributed by atoms with Gasteiger partial charge in [0.05, 0.1) is 25.2 Å². The van der Waals surface area contributed by atoms with Gasteiger partial charge < -0.3 is 25.4 Å². The van der Waals surface area contributed by atoms with Crippen LogP contribution >= 0.6 is 23.1 Å². The van der Waals surface area contributed by atoms with Crippen molar-refractivity contribution in [3.8, 4) is 22.8 Å². The molecule has 0 aliphatic carbocycles. The topological polar surface area (TPSA) is 119 Å². The van der Waals surface area contributed by atoms with Crippen LogP contribution in [0.15, 0.2) is 113 Å². The number of carbonyl (C=O) groups is 3. The molecule has 0 bridgehead atoms. The van der Waals surface area contributed by atoms with Crippen LogP contribution in [-0.4, -0.2) is 42.2 Å². The molecule has 5 rings (SSSR count). The zero-order chi connectivity index (χ0) is 34.8. The summed E-state index contributed by atoms with van der Waals surface area (Å²) in [5.74, 6) is 0.157. The van der Waals surface area contributed by atoms with Gasteiger partial charge >= 0.3 is 0 Å². The van der Waals surface area contributed by atoms with E-state index in [1.54, 1.807) is 56.7 Å². The van der Waals surface area contributed by atoms with Gasteiger partial charge in [-0.15, -0.1) is 23.1 Å². The average molecular weight is 693 g/mol. The van der Waals surface area contributed by atoms with Crippen molar-refractivity contribution in [1.29, 1.82) is 0 Å². The highest BCUT2D eigenvalue weighted by atomic mass is 32.2. The summed E-state index contributed by atoms with van der Waals surface area (Å²) in [7, 11) is 3.16. The third-order valence-corrected chi connectivity index (χ3v) is 9.48. The lowest BCUT2D eigenvalue weighted by Crippen LogP contribution is -2.30. The number of aryl methyl sites for hydroxylation is 1. The first kappa shape index (κ1) is 34.9. The molecule has 9 nitrogen and oxygen atoms in total. The Bertz CT molecular complexity index is 1960. The molecule has 1 unspecified atom stereocenters. The van der Waals surface area contributed by atoms with Crippen LogP contribution < -0.4 is 25.4 Å². The fourth-order valence-electron chi connectivity index (χ4n) is 4.75. The van der Waals surface area contributed by atoms with Gasteiger partial charge in [-0.05, 0) is 73.5 Å². The summed E-state index contributed by atoms with van der Waals surface area (Å²) < 4.78 is 10.7. The van der Waals surface area contributed by atoms with Crippen molar-refractivity contribution in [2.24, 2.45) is 0 Å². The number of hydrogen-bond acceptors (Lipinski definition) is 8. The first-order valence-corrected chi connectivity index (χ1v) is 17.2. The Morgan fingerprint density at radius 1 is 0.878 bits per heavy atom. The minimum absolute atomic E-state index is 0.0949. The Morgan fingerprint density at radius 2 is 1.63 bits per heavy atom. The maximum atomic E-state index is 13.5. The van der Waals surface area contributed by atoms with Gasteiger partial charge in [0.15, 0.2) is 16.6 Å². The highest BCUT2D eigenvalue weighted by Gasteiger charge is 2.21. The van der Waals surface area contributed by atoms with Crippen molar-refractivity contribution in [2.75, 3.05) is 24.9 Å². The number of thioether (sulfide) groups is 1. The van der Waals surface area contributed by atoms with Crippen molar-refractivity contribution in [1.82, 2.24) is 10.3 Å². The lowest BCUT2D eigenvalue weighted by molar-refractivity contribution is -0.116. The van der Waals surface area contributed by atoms with Crippen molar-refractivity contribution in [3.05, 3.63) is 125 Å². The van der Waals surface area contributed by atoms with Gasteiger partial charge in [-0.1, -0.05) is 61.0 Å². The number of thiazole rings is 1. The number of nitrogens with one attached hydrogen (secondary N) is 3. The van der Waals surface area contributed by atoms with Crippen molar-refractivity contribution in [2.45, 2.75) is 30.4 Å². The number of carbonyl (C=O) groups excluding carboxylic acids is 3. The van der Waals surface area contributed by atoms with E-state index in [0.717, 1.165) is 21.6 Å². The van der Waals surface area contributed by atoms with Crippen LogP contribution in [0.2, 0.25) is 0 Å². The highest BCUT2D eigenvalue weighted by Crippen LogP contribution is 2.34. The second-order valence-corrected chi connectivity index (χ2v) is 13.0. The highest BCUT2D eigenvalue weighted by molar-refractivity contribution is 8.00. The van der Waals surface area contributed by atoms with E-state index in [1.807, 2.05) is 79.9 Å². The van der Waals surface area contributed by atoms with Crippen LogP contribution in [0.3, 0.4) is 0 Å². The summed E-state index contributed by atoms with van der Waals surface area (Å²) in [6.45, 7) is 3.92. The molecule has 0 saturated heterocycles. The summed E-state index contributed by atoms with van der Waals surface area (Å²) >= 11 is 2.73. The number of nitrogens with zero attached hydrogens (tertiary/aromatic N) is 1. The molecular formula is C38H36N4O5S2. The van der Waals surface area contributed by atoms with E-state index < -0.39 is 17.1 Å². The smallest absolute Gasteiger partial charge is 0.272 e. The molecule has 0 spiro atoms. The van der Waals surface area contributed by atoms with Crippen molar-refractivity contribution >= 4 is 57.7 Å². The summed E-state index contributed by atoms with van der Waals surface area (Å²) in [5.41, 5.74) is 4.44. The molecule has 0 radical (unpaired) electrons. The number of amides is 3. The zero-order valence-corrected chi connectivity index (χ0v) is 29.1. The number of hydrogen-bond donors (Lipinski definition) is 3. The second kappa shape index (κ2) is 16.6. The van der Waals surface area contributed by atoms with Crippen molar-refractivity contribution in [3.63, 3.8) is 0 Å². The Kier molecular flexibility index (Phi) is 11.9. The van der Waals surface area contributed by atoms with E-state index in [-0.39, 0.29) is 11.6 Å². The lowest BCUT2D eigenvalue weighted by atomic mass is 10.1. The minimum atomic E-state index is -0.481. The SMILES string of the molecule is CCC(Sc1cccc(NC(=O)/C(=C/c2ccc(C)cc2)NC(=O)c2ccccc2)c1)C(=O)Nc1nc(-c2ccc(OC)c(OC)c2)cs1. The fourth-order valence-corrected chi connectivity index (χ4v) is 6.48. The molecule has 0 fully saturated rings. The molecule has 0 saturated carbocycles. The zero-order valence-electron chi connectivity index (χ0n) is 27.5. The number of ether oxygens (including phenoxy) is 2. The molecule has 1 atom stereocenters. The number of benzene rings is 4. The summed E-state index contributed by atoms with van der Waals surface area (Å²) in [5, 5.41) is 10.6. The molecule has 11 heteroatoms. The molecular weight excluding hydrogens is 657 g/mol. The summed E-state index contributed by atoms with van der Waals surface area (Å²) in [6, 6.07) is 29.2. The van der Waals surface area contributed by atoms with Crippen molar-refractivity contribution < 1.29 is 23.9 Å². The third kappa shape index (κ3) is 9.37. The standard InChI is InChI=1S/C38H36N4O5S2/c1-5-34(37(45)42-38-41-31(23-48-38)27-18-19-32(46-3)33(21-27)47-4)49-29-13-9-12-28(22-29)39-36(44)30(20-25-16-14-24(2)15-17-25)40-35(43)26-10-7-6-8-11-26/h6-23,34H,5H2,1-4H3,(H,39,44)(H,40,43)(H,41,42,45)/b30-20-. The normalized spacial score (nSPS) is 11.7. The minimum Gasteiger partial charge on any atom is -0.493 e. The van der Waals surface area contributed by atoms with Gasteiger partial charge in [-0.2, -0.15) is 0 Å². The first-order chi connectivity index (χ1) is 23.8. The van der Waals surface area contributed by atoms with Gasteiger partial charge in [-0.3, -0.25) is 14.4 Å². The predicted octanol–water partition coefficient (Wildman–Crippen LogP) is 8.05. The molecule has 250 valence electrons. The van der Waals surface area contributed by atoms with Gasteiger partial charge in [0.2, 0.25) is 5.91 Å². The number of aromatic nitrogens is 1. The molecule has 4 aromatic carbocycles. The maximum absolute atomic E-state index is 13.5. The van der Waals surface area contributed by atoms with Gasteiger partial charge in [0.1, 0.15) is 5.70 Å². The fraction of sp³-hybridized carbons (Fsp3) is 0.158. The Labute approximate surface area is 293 Å². The second-order valence-electron chi connectivity index (χ2n) is 10.9. The first-order valence-electron chi connectivity index (χ1n) is 15.5. The van der Waals surface area contributed by atoms with E-state index in [9.17, 15) is 14.4 Å². The van der Waals surface area contributed by atoms with Crippen LogP contribution in [0.4, 0.5) is 10.8 Å². The summed E-state index contributed by atoms with van der Waals surface area (Å²) in [4.78, 5) is 45.3. The van der Waals surface area contributed by atoms with Crippen LogP contribution in [0.25, 0.3) is 17.3 Å². The Hall–Kier alpha value is -5.39. The quantitative estimate of drug-likeness (QED) is 0.0844. The van der Waals surface area contributed by atoms with Crippen LogP contribution in [0, 0.1) is 6.92 Å². The Balaban J connectivity index is 1.26. The lowest BCUT2D eigenvalue weighted by Gasteiger charge is -2.15. The molecule has 0 aliphatic rings. The molecule has 3 amide bonds. The largest absolute Gasteiger partial charge is 0.493 e. The van der Waals surface area contributed by atoms with Crippen LogP contribution in [-0.2, 0) is 9.59 Å². The van der Waals surface area contributed by atoms with Gasteiger partial charge in [0.25, 0.3) is 11.8 Å². The van der Waals surface area contributed by atoms with Crippen LogP contribution in [0.1, 0.15) is 34.8 Å². The Morgan fingerprint density at radius 3 is 2.35 bits per heavy atom. The van der Waals surface area contributed by atoms with E-state index in [4.69, 9.17) is 9.47 Å². The molecule has 1 heterocycles. The molecule has 0 aliphatic heterocycles. The number of anilines is 2. The van der Waals surface area contributed by atoms with E-state index in [2.05, 4.69) is 20.9 Å². The van der Waals surface area contributed by atoms with E-state index in [0.29, 0.717) is 40.0 Å². The number of methoxy groups -OCH3 is 2. The van der Waals surface area contributed by atoms with E-state index >= 15 is 0 Å². The molecule has 5 aromatic rings. The van der Waals surface area contributed by atoms with Crippen LogP contribution in [0.5, 0.6) is 11.5 Å². The predicted molar refractivity (Wildman–Crippen MR) is 197 cm³/mol. The van der Waals surface area contributed by atoms with Gasteiger partial charge in [-0.25, -0.2) is 4.98 Å². The molecule has 49 heavy (non-hydrogen) atoms. The maximum Gasteiger partial charge on any atom is 0.272 e.